The summed E-state index contributed by atoms with van der Waals surface area (Å²) in [6, 6.07) is 10.0. The van der Waals surface area contributed by atoms with Gasteiger partial charge < -0.3 is 23.7 Å². The SMILES string of the molecule is O=C(OCc1cc(-c2ccc3c(c2)OCCO3)on1)c1ccc[nH]c1=O. The third-order valence-electron chi connectivity index (χ3n) is 3.77. The zero-order valence-corrected chi connectivity index (χ0v) is 13.6. The summed E-state index contributed by atoms with van der Waals surface area (Å²) in [5.41, 5.74) is 0.618. The molecule has 0 radical (unpaired) electrons. The smallest absolute Gasteiger partial charge is 0.344 e. The number of carbonyl (C=O) groups is 1. The maximum absolute atomic E-state index is 11.9. The Balaban J connectivity index is 1.46. The lowest BCUT2D eigenvalue weighted by Crippen LogP contribution is -2.18. The Morgan fingerprint density at radius 1 is 1.15 bits per heavy atom. The minimum Gasteiger partial charge on any atom is -0.486 e. The van der Waals surface area contributed by atoms with Gasteiger partial charge in [-0.1, -0.05) is 5.16 Å². The molecular formula is C18H14N2O6. The van der Waals surface area contributed by atoms with Crippen molar-refractivity contribution in [1.82, 2.24) is 10.1 Å². The number of pyridine rings is 1. The van der Waals surface area contributed by atoms with Crippen LogP contribution in [0.25, 0.3) is 11.3 Å². The molecule has 0 amide bonds. The molecule has 3 aromatic rings. The molecule has 0 bridgehead atoms. The van der Waals surface area contributed by atoms with Gasteiger partial charge in [0, 0.05) is 17.8 Å². The van der Waals surface area contributed by atoms with E-state index in [0.29, 0.717) is 36.2 Å². The van der Waals surface area contributed by atoms with Crippen LogP contribution in [0.2, 0.25) is 0 Å². The van der Waals surface area contributed by atoms with E-state index < -0.39 is 11.5 Å². The average molecular weight is 354 g/mol. The monoisotopic (exact) mass is 354 g/mol. The molecule has 8 nitrogen and oxygen atoms in total. The lowest BCUT2D eigenvalue weighted by Gasteiger charge is -2.18. The highest BCUT2D eigenvalue weighted by atomic mass is 16.6. The molecule has 0 unspecified atom stereocenters. The molecule has 4 rings (SSSR count). The molecule has 0 spiro atoms. The van der Waals surface area contributed by atoms with Crippen molar-refractivity contribution in [3.05, 3.63) is 64.2 Å². The summed E-state index contributed by atoms with van der Waals surface area (Å²) in [7, 11) is 0. The van der Waals surface area contributed by atoms with Gasteiger partial charge in [0.1, 0.15) is 31.1 Å². The summed E-state index contributed by atoms with van der Waals surface area (Å²) in [6.07, 6.45) is 1.44. The second kappa shape index (κ2) is 6.75. The van der Waals surface area contributed by atoms with E-state index in [9.17, 15) is 9.59 Å². The van der Waals surface area contributed by atoms with E-state index in [1.807, 2.05) is 6.07 Å². The molecule has 3 heterocycles. The standard InChI is InChI=1S/C18H14N2O6/c21-17-13(2-1-5-19-17)18(22)25-10-12-9-15(26-20-12)11-3-4-14-16(8-11)24-7-6-23-14/h1-5,8-9H,6-7,10H2,(H,19,21). The quantitative estimate of drug-likeness (QED) is 0.716. The number of hydrogen-bond donors (Lipinski definition) is 1. The second-order valence-corrected chi connectivity index (χ2v) is 5.53. The van der Waals surface area contributed by atoms with Crippen LogP contribution in [0.15, 0.2) is 51.9 Å². The first kappa shape index (κ1) is 15.9. The summed E-state index contributed by atoms with van der Waals surface area (Å²) < 4.78 is 21.4. The third-order valence-corrected chi connectivity index (χ3v) is 3.77. The first-order valence-corrected chi connectivity index (χ1v) is 7.91. The lowest BCUT2D eigenvalue weighted by atomic mass is 10.1. The zero-order chi connectivity index (χ0) is 17.9. The molecule has 0 saturated carbocycles. The molecule has 0 aliphatic carbocycles. The van der Waals surface area contributed by atoms with Gasteiger partial charge in [0.2, 0.25) is 0 Å². The number of H-pyrrole nitrogens is 1. The fraction of sp³-hybridized carbons (Fsp3) is 0.167. The van der Waals surface area contributed by atoms with Gasteiger partial charge in [-0.2, -0.15) is 0 Å². The molecule has 2 aromatic heterocycles. The molecular weight excluding hydrogens is 340 g/mol. The van der Waals surface area contributed by atoms with E-state index >= 15 is 0 Å². The van der Waals surface area contributed by atoms with Crippen LogP contribution in [-0.4, -0.2) is 29.3 Å². The Hall–Kier alpha value is -3.55. The first-order valence-electron chi connectivity index (χ1n) is 7.91. The van der Waals surface area contributed by atoms with Gasteiger partial charge >= 0.3 is 5.97 Å². The van der Waals surface area contributed by atoms with Crippen LogP contribution in [0.5, 0.6) is 11.5 Å². The number of nitrogens with one attached hydrogen (secondary N) is 1. The molecule has 0 atom stereocenters. The Bertz CT molecular complexity index is 1010. The highest BCUT2D eigenvalue weighted by Gasteiger charge is 2.16. The van der Waals surface area contributed by atoms with E-state index in [2.05, 4.69) is 10.1 Å². The van der Waals surface area contributed by atoms with Gasteiger partial charge in [-0.15, -0.1) is 0 Å². The molecule has 8 heteroatoms. The largest absolute Gasteiger partial charge is 0.486 e. The van der Waals surface area contributed by atoms with Gasteiger partial charge in [-0.25, -0.2) is 4.79 Å². The van der Waals surface area contributed by atoms with Crippen LogP contribution < -0.4 is 15.0 Å². The maximum Gasteiger partial charge on any atom is 0.344 e. The average Bonchev–Trinajstić information content (AvgIpc) is 3.15. The lowest BCUT2D eigenvalue weighted by molar-refractivity contribution is 0.0462. The van der Waals surface area contributed by atoms with Gasteiger partial charge in [-0.05, 0) is 30.3 Å². The number of fused-ring (bicyclic) bond motifs is 1. The summed E-state index contributed by atoms with van der Waals surface area (Å²) in [4.78, 5) is 25.9. The molecule has 26 heavy (non-hydrogen) atoms. The van der Waals surface area contributed by atoms with Crippen molar-refractivity contribution in [3.63, 3.8) is 0 Å². The number of rotatable bonds is 4. The Morgan fingerprint density at radius 3 is 2.85 bits per heavy atom. The number of carbonyl (C=O) groups excluding carboxylic acids is 1. The Morgan fingerprint density at radius 2 is 2.00 bits per heavy atom. The number of esters is 1. The number of aromatic amines is 1. The molecule has 132 valence electrons. The number of ether oxygens (including phenoxy) is 3. The van der Waals surface area contributed by atoms with Crippen molar-refractivity contribution in [3.8, 4) is 22.8 Å². The van der Waals surface area contributed by atoms with Gasteiger partial charge in [0.05, 0.1) is 0 Å². The number of aromatic nitrogens is 2. The normalized spacial score (nSPS) is 12.6. The molecule has 1 aliphatic heterocycles. The summed E-state index contributed by atoms with van der Waals surface area (Å²) in [5.74, 6) is 1.10. The van der Waals surface area contributed by atoms with E-state index in [4.69, 9.17) is 18.7 Å². The first-order chi connectivity index (χ1) is 12.7. The van der Waals surface area contributed by atoms with Crippen LogP contribution >= 0.6 is 0 Å². The summed E-state index contributed by atoms with van der Waals surface area (Å²) in [5, 5.41) is 3.88. The van der Waals surface area contributed by atoms with Crippen molar-refractivity contribution < 1.29 is 23.5 Å². The van der Waals surface area contributed by atoms with Crippen molar-refractivity contribution >= 4 is 5.97 Å². The van der Waals surface area contributed by atoms with E-state index in [1.54, 1.807) is 24.3 Å². The molecule has 0 saturated heterocycles. The summed E-state index contributed by atoms with van der Waals surface area (Å²) >= 11 is 0. The number of nitrogens with zero attached hydrogens (tertiary/aromatic N) is 1. The molecule has 0 fully saturated rings. The fourth-order valence-corrected chi connectivity index (χ4v) is 2.51. The van der Waals surface area contributed by atoms with Crippen molar-refractivity contribution in [1.29, 1.82) is 0 Å². The minimum atomic E-state index is -0.726. The maximum atomic E-state index is 11.9. The second-order valence-electron chi connectivity index (χ2n) is 5.53. The van der Waals surface area contributed by atoms with Crippen molar-refractivity contribution in [2.24, 2.45) is 0 Å². The predicted octanol–water partition coefficient (Wildman–Crippen LogP) is 2.16. The highest BCUT2D eigenvalue weighted by molar-refractivity contribution is 5.88. The molecule has 1 aromatic carbocycles. The van der Waals surface area contributed by atoms with Crippen LogP contribution in [0.4, 0.5) is 0 Å². The van der Waals surface area contributed by atoms with E-state index in [-0.39, 0.29) is 12.2 Å². The van der Waals surface area contributed by atoms with Gasteiger partial charge in [0.25, 0.3) is 5.56 Å². The van der Waals surface area contributed by atoms with E-state index in [1.165, 1.54) is 12.3 Å². The number of hydrogen-bond acceptors (Lipinski definition) is 7. The van der Waals surface area contributed by atoms with Gasteiger partial charge in [0.15, 0.2) is 17.3 Å². The summed E-state index contributed by atoms with van der Waals surface area (Å²) in [6.45, 7) is 0.905. The molecule has 1 aliphatic rings. The van der Waals surface area contributed by atoms with E-state index in [0.717, 1.165) is 5.56 Å². The van der Waals surface area contributed by atoms with Crippen LogP contribution in [-0.2, 0) is 11.3 Å². The minimum absolute atomic E-state index is 0.0666. The predicted molar refractivity (Wildman–Crippen MR) is 89.1 cm³/mol. The molecule has 1 N–H and O–H groups in total. The third kappa shape index (κ3) is 3.16. The van der Waals surface area contributed by atoms with Crippen molar-refractivity contribution in [2.45, 2.75) is 6.61 Å². The highest BCUT2D eigenvalue weighted by Crippen LogP contribution is 2.34. The number of benzene rings is 1. The van der Waals surface area contributed by atoms with Crippen LogP contribution in [0, 0.1) is 0 Å². The fourth-order valence-electron chi connectivity index (χ4n) is 2.51. The van der Waals surface area contributed by atoms with Crippen molar-refractivity contribution in [2.75, 3.05) is 13.2 Å². The van der Waals surface area contributed by atoms with Crippen LogP contribution in [0.3, 0.4) is 0 Å². The topological polar surface area (TPSA) is 104 Å². The van der Waals surface area contributed by atoms with Crippen LogP contribution in [0.1, 0.15) is 16.1 Å². The zero-order valence-electron chi connectivity index (χ0n) is 13.6. The Kier molecular flexibility index (Phi) is 4.14. The van der Waals surface area contributed by atoms with Gasteiger partial charge in [-0.3, -0.25) is 4.79 Å². The Labute approximate surface area is 147 Å².